The van der Waals surface area contributed by atoms with Gasteiger partial charge in [-0.2, -0.15) is 4.31 Å². The van der Waals surface area contributed by atoms with Crippen LogP contribution < -0.4 is 0 Å². The van der Waals surface area contributed by atoms with E-state index in [0.29, 0.717) is 31.1 Å². The first kappa shape index (κ1) is 17.2. The standard InChI is InChI=1S/C17H24N2O4S/c1-13-5-7-14(8-6-13)24(21,22)19-11-17(12-19)9-18(10-17)15(20)23-16(2,3)4/h5-8H,9-12H2,1-4H3. The fraction of sp³-hybridized carbons (Fsp3) is 0.588. The van der Waals surface area contributed by atoms with Crippen LogP contribution in [0, 0.1) is 12.3 Å². The van der Waals surface area contributed by atoms with Crippen LogP contribution in [0.25, 0.3) is 0 Å². The zero-order chi connectivity index (χ0) is 17.8. The summed E-state index contributed by atoms with van der Waals surface area (Å²) in [6, 6.07) is 6.89. The van der Waals surface area contributed by atoms with Crippen LogP contribution in [-0.2, 0) is 14.8 Å². The number of hydrogen-bond donors (Lipinski definition) is 0. The molecule has 0 atom stereocenters. The highest BCUT2D eigenvalue weighted by Gasteiger charge is 2.57. The van der Waals surface area contributed by atoms with Crippen molar-refractivity contribution in [1.82, 2.24) is 9.21 Å². The number of ether oxygens (including phenoxy) is 1. The third kappa shape index (κ3) is 3.15. The second kappa shape index (κ2) is 5.46. The zero-order valence-corrected chi connectivity index (χ0v) is 15.4. The number of amides is 1. The minimum atomic E-state index is -3.43. The Hall–Kier alpha value is -1.60. The largest absolute Gasteiger partial charge is 0.444 e. The highest BCUT2D eigenvalue weighted by Crippen LogP contribution is 2.42. The van der Waals surface area contributed by atoms with Crippen LogP contribution in [0.3, 0.4) is 0 Å². The lowest BCUT2D eigenvalue weighted by atomic mass is 9.75. The van der Waals surface area contributed by atoms with E-state index in [0.717, 1.165) is 5.56 Å². The molecule has 0 saturated carbocycles. The Morgan fingerprint density at radius 2 is 1.62 bits per heavy atom. The summed E-state index contributed by atoms with van der Waals surface area (Å²) in [5, 5.41) is 0. The SMILES string of the molecule is Cc1ccc(S(=O)(=O)N2CC3(CN(C(=O)OC(C)(C)C)C3)C2)cc1. The maximum Gasteiger partial charge on any atom is 0.410 e. The molecule has 0 aromatic heterocycles. The van der Waals surface area contributed by atoms with Crippen LogP contribution in [0.2, 0.25) is 0 Å². The Morgan fingerprint density at radius 1 is 1.08 bits per heavy atom. The van der Waals surface area contributed by atoms with Gasteiger partial charge in [-0.25, -0.2) is 13.2 Å². The Labute approximate surface area is 143 Å². The van der Waals surface area contributed by atoms with Crippen molar-refractivity contribution in [2.75, 3.05) is 26.2 Å². The molecule has 6 nitrogen and oxygen atoms in total. The van der Waals surface area contributed by atoms with Gasteiger partial charge in [0.05, 0.1) is 4.90 Å². The van der Waals surface area contributed by atoms with E-state index in [-0.39, 0.29) is 11.5 Å². The van der Waals surface area contributed by atoms with Gasteiger partial charge in [0.2, 0.25) is 10.0 Å². The molecule has 2 fully saturated rings. The van der Waals surface area contributed by atoms with Gasteiger partial charge in [0.15, 0.2) is 0 Å². The number of nitrogens with zero attached hydrogens (tertiary/aromatic N) is 2. The van der Waals surface area contributed by atoms with Crippen LogP contribution in [0.5, 0.6) is 0 Å². The summed E-state index contributed by atoms with van der Waals surface area (Å²) in [5.74, 6) is 0. The van der Waals surface area contributed by atoms with E-state index in [2.05, 4.69) is 0 Å². The van der Waals surface area contributed by atoms with Gasteiger partial charge in [-0.05, 0) is 39.8 Å². The molecule has 0 unspecified atom stereocenters. The molecule has 24 heavy (non-hydrogen) atoms. The van der Waals surface area contributed by atoms with Crippen molar-refractivity contribution in [2.24, 2.45) is 5.41 Å². The van der Waals surface area contributed by atoms with E-state index in [4.69, 9.17) is 4.74 Å². The van der Waals surface area contributed by atoms with Crippen molar-refractivity contribution in [3.63, 3.8) is 0 Å². The molecule has 1 aromatic carbocycles. The van der Waals surface area contributed by atoms with Crippen molar-refractivity contribution in [1.29, 1.82) is 0 Å². The molecule has 2 aliphatic rings. The summed E-state index contributed by atoms with van der Waals surface area (Å²) in [5.41, 5.74) is 0.413. The molecule has 1 amide bonds. The summed E-state index contributed by atoms with van der Waals surface area (Å²) < 4.78 is 32.0. The van der Waals surface area contributed by atoms with Gasteiger partial charge in [-0.1, -0.05) is 17.7 Å². The van der Waals surface area contributed by atoms with E-state index < -0.39 is 15.6 Å². The van der Waals surface area contributed by atoms with Crippen LogP contribution in [0.1, 0.15) is 26.3 Å². The Morgan fingerprint density at radius 3 is 2.12 bits per heavy atom. The average Bonchev–Trinajstić information content (AvgIpc) is 2.33. The predicted octanol–water partition coefficient (Wildman–Crippen LogP) is 2.24. The van der Waals surface area contributed by atoms with E-state index >= 15 is 0 Å². The van der Waals surface area contributed by atoms with E-state index in [9.17, 15) is 13.2 Å². The smallest absolute Gasteiger partial charge is 0.410 e. The molecule has 7 heteroatoms. The number of likely N-dealkylation sites (tertiary alicyclic amines) is 1. The Kier molecular flexibility index (Phi) is 3.92. The van der Waals surface area contributed by atoms with Gasteiger partial charge in [0, 0.05) is 31.6 Å². The molecule has 2 aliphatic heterocycles. The number of carbonyl (C=O) groups excluding carboxylic acids is 1. The number of carbonyl (C=O) groups is 1. The van der Waals surface area contributed by atoms with Crippen molar-refractivity contribution < 1.29 is 17.9 Å². The number of sulfonamides is 1. The summed E-state index contributed by atoms with van der Waals surface area (Å²) in [4.78, 5) is 13.9. The molecule has 0 aliphatic carbocycles. The van der Waals surface area contributed by atoms with Gasteiger partial charge in [-0.3, -0.25) is 0 Å². The highest BCUT2D eigenvalue weighted by atomic mass is 32.2. The van der Waals surface area contributed by atoms with E-state index in [1.807, 2.05) is 27.7 Å². The predicted molar refractivity (Wildman–Crippen MR) is 90.2 cm³/mol. The van der Waals surface area contributed by atoms with E-state index in [1.54, 1.807) is 29.2 Å². The molecule has 2 heterocycles. The molecule has 0 radical (unpaired) electrons. The van der Waals surface area contributed by atoms with Crippen LogP contribution in [-0.4, -0.2) is 55.5 Å². The fourth-order valence-corrected chi connectivity index (χ4v) is 4.82. The van der Waals surface area contributed by atoms with Crippen LogP contribution >= 0.6 is 0 Å². The van der Waals surface area contributed by atoms with Crippen molar-refractivity contribution in [2.45, 2.75) is 38.2 Å². The normalized spacial score (nSPS) is 20.4. The van der Waals surface area contributed by atoms with Gasteiger partial charge >= 0.3 is 6.09 Å². The second-order valence-corrected chi connectivity index (χ2v) is 9.86. The lowest BCUT2D eigenvalue weighted by Gasteiger charge is -2.58. The number of rotatable bonds is 2. The highest BCUT2D eigenvalue weighted by molar-refractivity contribution is 7.89. The molecule has 132 valence electrons. The van der Waals surface area contributed by atoms with Gasteiger partial charge < -0.3 is 9.64 Å². The molecule has 3 rings (SSSR count). The average molecular weight is 352 g/mol. The van der Waals surface area contributed by atoms with Crippen LogP contribution in [0.15, 0.2) is 29.2 Å². The summed E-state index contributed by atoms with van der Waals surface area (Å²) >= 11 is 0. The summed E-state index contributed by atoms with van der Waals surface area (Å²) in [6.07, 6.45) is -0.326. The Balaban J connectivity index is 1.57. The fourth-order valence-electron chi connectivity index (χ4n) is 3.15. The van der Waals surface area contributed by atoms with Gasteiger partial charge in [0.1, 0.15) is 5.60 Å². The van der Waals surface area contributed by atoms with Gasteiger partial charge in [-0.15, -0.1) is 0 Å². The number of aryl methyl sites for hydroxylation is 1. The zero-order valence-electron chi connectivity index (χ0n) is 14.6. The molecule has 1 spiro atoms. The maximum absolute atomic E-state index is 12.6. The topological polar surface area (TPSA) is 66.9 Å². The van der Waals surface area contributed by atoms with Crippen molar-refractivity contribution in [3.8, 4) is 0 Å². The first-order chi connectivity index (χ1) is 11.0. The number of benzene rings is 1. The second-order valence-electron chi connectivity index (χ2n) is 7.92. The summed E-state index contributed by atoms with van der Waals surface area (Å²) in [7, 11) is -3.43. The third-order valence-corrected chi connectivity index (χ3v) is 6.19. The summed E-state index contributed by atoms with van der Waals surface area (Å²) in [6.45, 7) is 9.46. The Bertz CT molecular complexity index is 736. The number of hydrogen-bond acceptors (Lipinski definition) is 4. The minimum absolute atomic E-state index is 0.103. The minimum Gasteiger partial charge on any atom is -0.444 e. The lowest BCUT2D eigenvalue weighted by Crippen LogP contribution is -2.73. The first-order valence-electron chi connectivity index (χ1n) is 8.06. The van der Waals surface area contributed by atoms with Crippen LogP contribution in [0.4, 0.5) is 4.79 Å². The quantitative estimate of drug-likeness (QED) is 0.819. The molecule has 1 aromatic rings. The maximum atomic E-state index is 12.6. The lowest BCUT2D eigenvalue weighted by molar-refractivity contribution is -0.0839. The molecular formula is C17H24N2O4S. The van der Waals surface area contributed by atoms with Crippen molar-refractivity contribution >= 4 is 16.1 Å². The third-order valence-electron chi connectivity index (χ3n) is 4.39. The monoisotopic (exact) mass is 352 g/mol. The molecule has 0 bridgehead atoms. The van der Waals surface area contributed by atoms with Gasteiger partial charge in [0.25, 0.3) is 0 Å². The van der Waals surface area contributed by atoms with Crippen molar-refractivity contribution in [3.05, 3.63) is 29.8 Å². The molecular weight excluding hydrogens is 328 g/mol. The van der Waals surface area contributed by atoms with E-state index in [1.165, 1.54) is 4.31 Å². The molecule has 0 N–H and O–H groups in total. The molecule has 2 saturated heterocycles. The first-order valence-corrected chi connectivity index (χ1v) is 9.50.